The molecule has 8 nitrogen and oxygen atoms in total. The summed E-state index contributed by atoms with van der Waals surface area (Å²) < 4.78 is 11.8. The number of amides is 2. The van der Waals surface area contributed by atoms with Crippen molar-refractivity contribution in [2.45, 2.75) is 63.3 Å². The predicted molar refractivity (Wildman–Crippen MR) is 112 cm³/mol. The summed E-state index contributed by atoms with van der Waals surface area (Å²) in [6, 6.07) is -0.828. The largest absolute Gasteiger partial charge is 0.461 e. The zero-order valence-electron chi connectivity index (χ0n) is 18.5. The van der Waals surface area contributed by atoms with Crippen LogP contribution in [-0.4, -0.2) is 82.3 Å². The average molecular weight is 433 g/mol. The topological polar surface area (TPSA) is 96.4 Å². The number of esters is 1. The van der Waals surface area contributed by atoms with Gasteiger partial charge < -0.3 is 24.4 Å². The molecule has 0 aromatic carbocycles. The lowest BCUT2D eigenvalue weighted by Crippen LogP contribution is -2.58. The molecule has 0 aromatic heterocycles. The van der Waals surface area contributed by atoms with E-state index in [1.54, 1.807) is 22.0 Å². The summed E-state index contributed by atoms with van der Waals surface area (Å²) >= 11 is 0. The highest BCUT2D eigenvalue weighted by molar-refractivity contribution is 5.99. The van der Waals surface area contributed by atoms with E-state index in [0.29, 0.717) is 25.9 Å². The SMILES string of the molecule is CC(C)(C)N1CC=CC23O[C@@H]4C=CCOC(=O)[C@@H]4[C@H]2C(=O)N(CCCCCO)[C@@H]3C1=O. The van der Waals surface area contributed by atoms with Crippen molar-refractivity contribution >= 4 is 17.8 Å². The third kappa shape index (κ3) is 3.49. The van der Waals surface area contributed by atoms with Gasteiger partial charge >= 0.3 is 5.97 Å². The second-order valence-electron chi connectivity index (χ2n) is 9.74. The predicted octanol–water partition coefficient (Wildman–Crippen LogP) is 1.04. The number of aliphatic hydroxyl groups excluding tert-OH is 1. The van der Waals surface area contributed by atoms with Gasteiger partial charge in [0.1, 0.15) is 24.2 Å². The number of hydrogen-bond donors (Lipinski definition) is 1. The monoisotopic (exact) mass is 432 g/mol. The highest BCUT2D eigenvalue weighted by Crippen LogP contribution is 2.53. The normalized spacial score (nSPS) is 34.9. The van der Waals surface area contributed by atoms with Gasteiger partial charge in [-0.3, -0.25) is 14.4 Å². The van der Waals surface area contributed by atoms with Crippen LogP contribution in [0.3, 0.4) is 0 Å². The summed E-state index contributed by atoms with van der Waals surface area (Å²) in [5.74, 6) is -2.42. The van der Waals surface area contributed by atoms with E-state index in [0.717, 1.165) is 6.42 Å². The van der Waals surface area contributed by atoms with Gasteiger partial charge in [-0.05, 0) is 46.1 Å². The van der Waals surface area contributed by atoms with E-state index in [1.807, 2.05) is 32.9 Å². The van der Waals surface area contributed by atoms with E-state index in [1.165, 1.54) is 0 Å². The van der Waals surface area contributed by atoms with E-state index in [9.17, 15) is 14.4 Å². The maximum Gasteiger partial charge on any atom is 0.313 e. The Morgan fingerprint density at radius 1 is 1.13 bits per heavy atom. The molecule has 0 saturated carbocycles. The lowest BCUT2D eigenvalue weighted by atomic mass is 9.78. The molecule has 0 aliphatic carbocycles. The quantitative estimate of drug-likeness (QED) is 0.396. The van der Waals surface area contributed by atoms with Crippen LogP contribution in [0, 0.1) is 11.8 Å². The van der Waals surface area contributed by atoms with Gasteiger partial charge in [0.25, 0.3) is 0 Å². The number of rotatable bonds is 5. The van der Waals surface area contributed by atoms with Crippen molar-refractivity contribution in [3.05, 3.63) is 24.3 Å². The summed E-state index contributed by atoms with van der Waals surface area (Å²) in [4.78, 5) is 43.7. The van der Waals surface area contributed by atoms with E-state index in [2.05, 4.69) is 0 Å². The zero-order valence-corrected chi connectivity index (χ0v) is 18.5. The number of aliphatic hydroxyl groups is 1. The lowest BCUT2D eigenvalue weighted by molar-refractivity contribution is -0.154. The van der Waals surface area contributed by atoms with Crippen LogP contribution in [0.2, 0.25) is 0 Å². The molecule has 2 fully saturated rings. The van der Waals surface area contributed by atoms with Gasteiger partial charge in [-0.2, -0.15) is 0 Å². The van der Waals surface area contributed by atoms with Crippen molar-refractivity contribution in [1.82, 2.24) is 9.80 Å². The number of cyclic esters (lactones) is 1. The first-order valence-corrected chi connectivity index (χ1v) is 11.1. The van der Waals surface area contributed by atoms with Crippen LogP contribution in [0.5, 0.6) is 0 Å². The number of carbonyl (C=O) groups excluding carboxylic acids is 3. The molecule has 0 aromatic rings. The molecule has 4 aliphatic rings. The molecule has 5 atom stereocenters. The van der Waals surface area contributed by atoms with Gasteiger partial charge in [-0.15, -0.1) is 0 Å². The fourth-order valence-corrected chi connectivity index (χ4v) is 5.38. The first-order chi connectivity index (χ1) is 14.7. The van der Waals surface area contributed by atoms with Crippen molar-refractivity contribution in [3.63, 3.8) is 0 Å². The van der Waals surface area contributed by atoms with E-state index in [-0.39, 0.29) is 25.0 Å². The van der Waals surface area contributed by atoms with Gasteiger partial charge in [-0.1, -0.05) is 18.2 Å². The number of likely N-dealkylation sites (tertiary alicyclic amines) is 1. The molecule has 4 heterocycles. The number of hydrogen-bond acceptors (Lipinski definition) is 6. The fourth-order valence-electron chi connectivity index (χ4n) is 5.38. The molecule has 4 rings (SSSR count). The number of carbonyl (C=O) groups is 3. The van der Waals surface area contributed by atoms with Crippen LogP contribution in [0.4, 0.5) is 0 Å². The molecule has 0 radical (unpaired) electrons. The Hall–Kier alpha value is -2.19. The summed E-state index contributed by atoms with van der Waals surface area (Å²) in [7, 11) is 0. The molecule has 2 amide bonds. The first-order valence-electron chi connectivity index (χ1n) is 11.1. The molecular weight excluding hydrogens is 400 g/mol. The van der Waals surface area contributed by atoms with Gasteiger partial charge in [0.2, 0.25) is 11.8 Å². The van der Waals surface area contributed by atoms with Crippen LogP contribution in [0.1, 0.15) is 40.0 Å². The molecule has 1 N–H and O–H groups in total. The molecular formula is C23H32N2O6. The second kappa shape index (κ2) is 8.06. The maximum absolute atomic E-state index is 13.8. The van der Waals surface area contributed by atoms with Crippen LogP contribution in [-0.2, 0) is 23.9 Å². The minimum absolute atomic E-state index is 0.0917. The first kappa shape index (κ1) is 22.0. The highest BCUT2D eigenvalue weighted by atomic mass is 16.6. The Morgan fingerprint density at radius 3 is 2.61 bits per heavy atom. The van der Waals surface area contributed by atoms with Crippen LogP contribution < -0.4 is 0 Å². The molecule has 2 saturated heterocycles. The summed E-state index contributed by atoms with van der Waals surface area (Å²) in [6.45, 7) is 6.95. The number of nitrogens with zero attached hydrogens (tertiary/aromatic N) is 2. The van der Waals surface area contributed by atoms with Crippen molar-refractivity contribution in [2.75, 3.05) is 26.3 Å². The van der Waals surface area contributed by atoms with Crippen LogP contribution >= 0.6 is 0 Å². The van der Waals surface area contributed by atoms with E-state index < -0.39 is 41.1 Å². The Balaban J connectivity index is 1.76. The van der Waals surface area contributed by atoms with Crippen molar-refractivity contribution in [3.8, 4) is 0 Å². The Labute approximate surface area is 182 Å². The molecule has 170 valence electrons. The third-order valence-electron chi connectivity index (χ3n) is 6.78. The average Bonchev–Trinajstić information content (AvgIpc) is 2.98. The van der Waals surface area contributed by atoms with Gasteiger partial charge in [-0.25, -0.2) is 0 Å². The molecule has 0 bridgehead atoms. The maximum atomic E-state index is 13.8. The second-order valence-corrected chi connectivity index (χ2v) is 9.74. The van der Waals surface area contributed by atoms with Gasteiger partial charge in [0, 0.05) is 25.2 Å². The van der Waals surface area contributed by atoms with Crippen molar-refractivity contribution < 1.29 is 29.0 Å². The Morgan fingerprint density at radius 2 is 1.90 bits per heavy atom. The standard InChI is InChI=1S/C23H32N2O6/c1-22(2,3)25-12-8-10-23-17(16-15(31-23)9-7-14-30-21(16)29)19(27)24(18(23)20(25)28)11-5-4-6-13-26/h7-10,15-18,26H,4-6,11-14H2,1-3H3/t15-,16+,17+,18-,23?/m1/s1. The minimum atomic E-state index is -1.19. The van der Waals surface area contributed by atoms with E-state index >= 15 is 0 Å². The summed E-state index contributed by atoms with van der Waals surface area (Å²) in [6.07, 6.45) is 8.70. The fraction of sp³-hybridized carbons (Fsp3) is 0.696. The highest BCUT2D eigenvalue weighted by Gasteiger charge is 2.72. The van der Waals surface area contributed by atoms with Crippen LogP contribution in [0.25, 0.3) is 0 Å². The Kier molecular flexibility index (Phi) is 5.72. The van der Waals surface area contributed by atoms with Crippen LogP contribution in [0.15, 0.2) is 24.3 Å². The molecule has 1 spiro atoms. The molecule has 8 heteroatoms. The molecule has 31 heavy (non-hydrogen) atoms. The summed E-state index contributed by atoms with van der Waals surface area (Å²) in [5, 5.41) is 9.09. The summed E-state index contributed by atoms with van der Waals surface area (Å²) in [5.41, 5.74) is -1.63. The van der Waals surface area contributed by atoms with Gasteiger partial charge in [0.15, 0.2) is 0 Å². The number of fused-ring (bicyclic) bond motifs is 2. The number of ether oxygens (including phenoxy) is 2. The van der Waals surface area contributed by atoms with E-state index in [4.69, 9.17) is 14.6 Å². The number of unbranched alkanes of at least 4 members (excludes halogenated alkanes) is 2. The smallest absolute Gasteiger partial charge is 0.313 e. The minimum Gasteiger partial charge on any atom is -0.461 e. The molecule has 4 aliphatic heterocycles. The van der Waals surface area contributed by atoms with Gasteiger partial charge in [0.05, 0.1) is 12.0 Å². The third-order valence-corrected chi connectivity index (χ3v) is 6.78. The zero-order chi connectivity index (χ0) is 22.4. The Bertz CT molecular complexity index is 815. The van der Waals surface area contributed by atoms with Crippen molar-refractivity contribution in [2.24, 2.45) is 11.8 Å². The molecule has 1 unspecified atom stereocenters. The lowest BCUT2D eigenvalue weighted by Gasteiger charge is -2.40. The van der Waals surface area contributed by atoms with Crippen molar-refractivity contribution in [1.29, 1.82) is 0 Å².